The van der Waals surface area contributed by atoms with Gasteiger partial charge in [-0.3, -0.25) is 0 Å². The highest BCUT2D eigenvalue weighted by Crippen LogP contribution is 2.39. The van der Waals surface area contributed by atoms with Crippen LogP contribution in [0.5, 0.6) is 11.5 Å². The number of hydrogen-bond acceptors (Lipinski definition) is 2. The number of ether oxygens (including phenoxy) is 2. The molecule has 1 aromatic rings. The number of aromatic nitrogens is 1. The molecule has 110 valence electrons. The van der Waals surface area contributed by atoms with Crippen molar-refractivity contribution in [1.82, 2.24) is 0 Å². The van der Waals surface area contributed by atoms with Crippen molar-refractivity contribution in [3.63, 3.8) is 0 Å². The van der Waals surface area contributed by atoms with Crippen LogP contribution in [0.4, 0.5) is 0 Å². The minimum Gasteiger partial charge on any atom is -1.00 e. The third-order valence-corrected chi connectivity index (χ3v) is 3.88. The monoisotopic (exact) mass is 323 g/mol. The smallest absolute Gasteiger partial charge is 0.232 e. The minimum absolute atomic E-state index is 0. The number of benzene rings is 1. The van der Waals surface area contributed by atoms with Gasteiger partial charge >= 0.3 is 0 Å². The molecule has 1 aliphatic heterocycles. The molecule has 1 heterocycles. The van der Waals surface area contributed by atoms with Gasteiger partial charge in [0.1, 0.15) is 12.1 Å². The first-order valence-electron chi connectivity index (χ1n) is 6.29. The summed E-state index contributed by atoms with van der Waals surface area (Å²) in [6, 6.07) is 12.0. The van der Waals surface area contributed by atoms with Gasteiger partial charge < -0.3 is 21.9 Å². The molecule has 1 aromatic carbocycles. The number of fused-ring (bicyclic) bond motifs is 3. The summed E-state index contributed by atoms with van der Waals surface area (Å²) in [5.41, 5.74) is 3.15. The van der Waals surface area contributed by atoms with Gasteiger partial charge in [0.2, 0.25) is 11.2 Å². The van der Waals surface area contributed by atoms with E-state index < -0.39 is 0 Å². The molecule has 0 atom stereocenters. The van der Waals surface area contributed by atoms with Crippen molar-refractivity contribution >= 4 is 22.5 Å². The predicted octanol–water partition coefficient (Wildman–Crippen LogP) is 0.444. The first-order chi connectivity index (χ1) is 9.67. The van der Waals surface area contributed by atoms with Crippen LogP contribution in [-0.2, 0) is 7.05 Å². The Hall–Kier alpha value is -1.71. The zero-order valence-corrected chi connectivity index (χ0v) is 13.5. The predicted molar refractivity (Wildman–Crippen MR) is 79.9 cm³/mol. The number of aryl methyl sites for hydroxylation is 1. The van der Waals surface area contributed by atoms with E-state index in [9.17, 15) is 0 Å². The van der Waals surface area contributed by atoms with Gasteiger partial charge in [0.05, 0.1) is 25.2 Å². The highest BCUT2D eigenvalue weighted by molar-refractivity contribution is 6.33. The molecule has 0 fully saturated rings. The number of para-hydroxylation sites is 1. The molecule has 0 saturated heterocycles. The SMILES string of the molecule is COc1cc(Cl)c2[n+](C)c3ccccc3c-2cc1OC.[Cl-]. The third-order valence-electron chi connectivity index (χ3n) is 3.59. The van der Waals surface area contributed by atoms with E-state index in [1.165, 1.54) is 0 Å². The third kappa shape index (κ3) is 2.37. The molecule has 0 N–H and O–H groups in total. The lowest BCUT2D eigenvalue weighted by Gasteiger charge is -2.02. The second-order valence-electron chi connectivity index (χ2n) is 4.61. The Balaban J connectivity index is 0.00000161. The van der Waals surface area contributed by atoms with Crippen LogP contribution in [0.2, 0.25) is 5.02 Å². The van der Waals surface area contributed by atoms with E-state index in [-0.39, 0.29) is 12.4 Å². The normalized spacial score (nSPS) is 10.5. The molecule has 0 unspecified atom stereocenters. The Morgan fingerprint density at radius 2 is 1.62 bits per heavy atom. The van der Waals surface area contributed by atoms with E-state index in [1.54, 1.807) is 20.3 Å². The molecule has 1 aliphatic carbocycles. The fraction of sp³-hybridized carbons (Fsp3) is 0.188. The minimum atomic E-state index is 0. The van der Waals surface area contributed by atoms with Gasteiger partial charge in [-0.15, -0.1) is 0 Å². The Labute approximate surface area is 134 Å². The second kappa shape index (κ2) is 5.96. The topological polar surface area (TPSA) is 22.3 Å². The molecule has 0 saturated carbocycles. The van der Waals surface area contributed by atoms with Crippen molar-refractivity contribution in [2.75, 3.05) is 14.2 Å². The van der Waals surface area contributed by atoms with Crippen LogP contribution in [0, 0.1) is 0 Å². The second-order valence-corrected chi connectivity index (χ2v) is 5.02. The Morgan fingerprint density at radius 3 is 2.29 bits per heavy atom. The average Bonchev–Trinajstić information content (AvgIpc) is 2.66. The number of rotatable bonds is 2. The highest BCUT2D eigenvalue weighted by atomic mass is 35.5. The average molecular weight is 324 g/mol. The maximum atomic E-state index is 6.47. The summed E-state index contributed by atoms with van der Waals surface area (Å²) >= 11 is 6.47. The van der Waals surface area contributed by atoms with Gasteiger partial charge in [0.25, 0.3) is 0 Å². The van der Waals surface area contributed by atoms with E-state index >= 15 is 0 Å². The summed E-state index contributed by atoms with van der Waals surface area (Å²) in [5.74, 6) is 1.29. The van der Waals surface area contributed by atoms with Crippen molar-refractivity contribution in [2.24, 2.45) is 7.05 Å². The molecule has 0 radical (unpaired) electrons. The van der Waals surface area contributed by atoms with Crippen LogP contribution in [0.1, 0.15) is 0 Å². The van der Waals surface area contributed by atoms with Crippen molar-refractivity contribution in [3.05, 3.63) is 41.4 Å². The van der Waals surface area contributed by atoms with Gasteiger partial charge in [-0.25, -0.2) is 0 Å². The Bertz CT molecular complexity index is 774. The number of hydrogen-bond donors (Lipinski definition) is 0. The molecule has 0 spiro atoms. The van der Waals surface area contributed by atoms with E-state index in [4.69, 9.17) is 21.1 Å². The van der Waals surface area contributed by atoms with Crippen LogP contribution in [0.25, 0.3) is 22.2 Å². The molecule has 3 nitrogen and oxygen atoms in total. The van der Waals surface area contributed by atoms with E-state index in [0.29, 0.717) is 16.5 Å². The number of methoxy groups -OCH3 is 2. The van der Waals surface area contributed by atoms with Crippen molar-refractivity contribution in [1.29, 1.82) is 0 Å². The molecular weight excluding hydrogens is 309 g/mol. The van der Waals surface area contributed by atoms with E-state index in [1.807, 2.05) is 25.2 Å². The Morgan fingerprint density at radius 1 is 1.00 bits per heavy atom. The van der Waals surface area contributed by atoms with Crippen LogP contribution < -0.4 is 26.4 Å². The lowest BCUT2D eigenvalue weighted by Crippen LogP contribution is -3.00. The first-order valence-corrected chi connectivity index (χ1v) is 6.67. The largest absolute Gasteiger partial charge is 1.00 e. The lowest BCUT2D eigenvalue weighted by molar-refractivity contribution is -0.631. The molecule has 0 bridgehead atoms. The summed E-state index contributed by atoms with van der Waals surface area (Å²) in [5, 5.41) is 1.78. The van der Waals surface area contributed by atoms with Crippen molar-refractivity contribution < 1.29 is 26.4 Å². The van der Waals surface area contributed by atoms with E-state index in [0.717, 1.165) is 22.2 Å². The number of halogens is 2. The van der Waals surface area contributed by atoms with Gasteiger partial charge in [0, 0.05) is 12.1 Å². The highest BCUT2D eigenvalue weighted by Gasteiger charge is 2.26. The first kappa shape index (κ1) is 15.7. The summed E-state index contributed by atoms with van der Waals surface area (Å²) < 4.78 is 12.9. The summed E-state index contributed by atoms with van der Waals surface area (Å²) in [7, 11) is 5.25. The van der Waals surface area contributed by atoms with Crippen LogP contribution in [0.3, 0.4) is 0 Å². The van der Waals surface area contributed by atoms with Crippen LogP contribution in [0.15, 0.2) is 36.4 Å². The van der Waals surface area contributed by atoms with Crippen LogP contribution >= 0.6 is 11.6 Å². The molecule has 2 aliphatic rings. The number of nitrogens with zero attached hydrogens (tertiary/aromatic N) is 1. The van der Waals surface area contributed by atoms with Gasteiger partial charge in [0.15, 0.2) is 11.5 Å². The lowest BCUT2D eigenvalue weighted by atomic mass is 10.1. The fourth-order valence-corrected chi connectivity index (χ4v) is 2.96. The maximum absolute atomic E-state index is 6.47. The molecule has 5 heteroatoms. The van der Waals surface area contributed by atoms with Crippen LogP contribution in [-0.4, -0.2) is 14.2 Å². The molecule has 0 amide bonds. The quantitative estimate of drug-likeness (QED) is 0.639. The van der Waals surface area contributed by atoms with E-state index in [2.05, 4.69) is 16.7 Å². The molecule has 0 aromatic heterocycles. The molecular formula is C16H15Cl2NO2. The van der Waals surface area contributed by atoms with Gasteiger partial charge in [-0.05, 0) is 12.1 Å². The zero-order valence-electron chi connectivity index (χ0n) is 12.0. The van der Waals surface area contributed by atoms with Crippen molar-refractivity contribution in [2.45, 2.75) is 0 Å². The maximum Gasteiger partial charge on any atom is 0.232 e. The molecule has 21 heavy (non-hydrogen) atoms. The van der Waals surface area contributed by atoms with Crippen molar-refractivity contribution in [3.8, 4) is 22.8 Å². The standard InChI is InChI=1S/C16H15ClNO2.ClH/c1-18-13-7-5-4-6-10(13)11-8-14(19-2)15(20-3)9-12(17)16(11)18;/h4-9H,1-3H3;1H/q+1;/p-1. The zero-order chi connectivity index (χ0) is 14.3. The summed E-state index contributed by atoms with van der Waals surface area (Å²) in [4.78, 5) is 0. The fourth-order valence-electron chi connectivity index (χ4n) is 2.63. The molecule has 3 rings (SSSR count). The Kier molecular flexibility index (Phi) is 4.45. The summed E-state index contributed by atoms with van der Waals surface area (Å²) in [6.45, 7) is 0. The van der Waals surface area contributed by atoms with Gasteiger partial charge in [-0.1, -0.05) is 23.7 Å². The van der Waals surface area contributed by atoms with Gasteiger partial charge in [-0.2, -0.15) is 4.57 Å². The summed E-state index contributed by atoms with van der Waals surface area (Å²) in [6.07, 6.45) is 0.